The Labute approximate surface area is 128 Å². The predicted octanol–water partition coefficient (Wildman–Crippen LogP) is 2.13. The fraction of sp³-hybridized carbons (Fsp3) is 0.647. The smallest absolute Gasteiger partial charge is 0.119 e. The van der Waals surface area contributed by atoms with Gasteiger partial charge in [0.1, 0.15) is 12.4 Å². The predicted molar refractivity (Wildman–Crippen MR) is 87.1 cm³/mol. The molecule has 1 N–H and O–H groups in total. The van der Waals surface area contributed by atoms with Crippen LogP contribution in [0.3, 0.4) is 0 Å². The van der Waals surface area contributed by atoms with Crippen molar-refractivity contribution in [2.75, 3.05) is 52.2 Å². The second-order valence-electron chi connectivity index (χ2n) is 6.56. The van der Waals surface area contributed by atoms with Crippen molar-refractivity contribution in [3.8, 4) is 5.75 Å². The van der Waals surface area contributed by atoms with Gasteiger partial charge in [-0.15, -0.1) is 0 Å². The number of anilines is 1. The van der Waals surface area contributed by atoms with Crippen molar-refractivity contribution < 1.29 is 4.74 Å². The molecule has 4 heteroatoms. The summed E-state index contributed by atoms with van der Waals surface area (Å²) >= 11 is 0. The van der Waals surface area contributed by atoms with Crippen molar-refractivity contribution in [3.63, 3.8) is 0 Å². The van der Waals surface area contributed by atoms with Gasteiger partial charge < -0.3 is 19.9 Å². The van der Waals surface area contributed by atoms with Gasteiger partial charge in [-0.1, -0.05) is 0 Å². The van der Waals surface area contributed by atoms with Gasteiger partial charge in [0.05, 0.1) is 0 Å². The molecule has 1 aromatic rings. The molecule has 0 amide bonds. The van der Waals surface area contributed by atoms with E-state index in [2.05, 4.69) is 53.5 Å². The molecule has 116 valence electrons. The molecule has 0 aromatic heterocycles. The number of ether oxygens (including phenoxy) is 1. The van der Waals surface area contributed by atoms with Crippen LogP contribution in [-0.2, 0) is 0 Å². The first-order valence-electron chi connectivity index (χ1n) is 8.07. The molecule has 0 spiro atoms. The van der Waals surface area contributed by atoms with E-state index in [1.807, 2.05) is 0 Å². The highest BCUT2D eigenvalue weighted by Crippen LogP contribution is 2.29. The van der Waals surface area contributed by atoms with Crippen LogP contribution < -0.4 is 10.1 Å². The molecule has 2 saturated heterocycles. The van der Waals surface area contributed by atoms with Crippen molar-refractivity contribution in [1.82, 2.24) is 9.80 Å². The molecule has 0 aliphatic carbocycles. The SMILES string of the molecule is CN(C)CCOc1ccc(NC2CCN3CCC2C3)cc1. The molecule has 2 heterocycles. The lowest BCUT2D eigenvalue weighted by Gasteiger charge is -2.31. The highest BCUT2D eigenvalue weighted by atomic mass is 16.5. The topological polar surface area (TPSA) is 27.7 Å². The molecule has 2 aliphatic heterocycles. The summed E-state index contributed by atoms with van der Waals surface area (Å²) in [7, 11) is 4.12. The third-order valence-electron chi connectivity index (χ3n) is 4.65. The average Bonchev–Trinajstić information content (AvgIpc) is 2.86. The lowest BCUT2D eigenvalue weighted by Crippen LogP contribution is -2.39. The molecule has 3 unspecified atom stereocenters. The fourth-order valence-corrected chi connectivity index (χ4v) is 3.35. The number of hydrogen-bond donors (Lipinski definition) is 1. The monoisotopic (exact) mass is 289 g/mol. The minimum absolute atomic E-state index is 0.643. The molecular weight excluding hydrogens is 262 g/mol. The zero-order valence-corrected chi connectivity index (χ0v) is 13.2. The summed E-state index contributed by atoms with van der Waals surface area (Å²) in [6.45, 7) is 5.51. The Morgan fingerprint density at radius 2 is 1.95 bits per heavy atom. The standard InChI is InChI=1S/C17H27N3O/c1-19(2)11-12-21-16-5-3-15(4-6-16)18-17-8-10-20-9-7-14(17)13-20/h3-6,14,17-18H,7-13H2,1-2H3. The van der Waals surface area contributed by atoms with Crippen LogP contribution in [0.4, 0.5) is 5.69 Å². The van der Waals surface area contributed by atoms with Crippen LogP contribution in [0, 0.1) is 5.92 Å². The lowest BCUT2D eigenvalue weighted by molar-refractivity contribution is 0.255. The van der Waals surface area contributed by atoms with E-state index in [1.165, 1.54) is 38.2 Å². The Morgan fingerprint density at radius 3 is 2.71 bits per heavy atom. The lowest BCUT2D eigenvalue weighted by atomic mass is 9.94. The zero-order chi connectivity index (χ0) is 14.7. The fourth-order valence-electron chi connectivity index (χ4n) is 3.35. The maximum Gasteiger partial charge on any atom is 0.119 e. The Balaban J connectivity index is 1.50. The van der Waals surface area contributed by atoms with Crippen LogP contribution >= 0.6 is 0 Å². The van der Waals surface area contributed by atoms with E-state index in [-0.39, 0.29) is 0 Å². The minimum Gasteiger partial charge on any atom is -0.492 e. The number of nitrogens with zero attached hydrogens (tertiary/aromatic N) is 2. The molecule has 21 heavy (non-hydrogen) atoms. The summed E-state index contributed by atoms with van der Waals surface area (Å²) in [4.78, 5) is 4.72. The second-order valence-corrected chi connectivity index (χ2v) is 6.56. The van der Waals surface area contributed by atoms with Crippen LogP contribution in [0.5, 0.6) is 5.75 Å². The van der Waals surface area contributed by atoms with Gasteiger partial charge in [-0.05, 0) is 63.7 Å². The first-order valence-corrected chi connectivity index (χ1v) is 8.07. The molecule has 1 aromatic carbocycles. The number of benzene rings is 1. The molecular formula is C17H27N3O. The maximum absolute atomic E-state index is 5.73. The summed E-state index contributed by atoms with van der Waals surface area (Å²) in [5.74, 6) is 1.79. The van der Waals surface area contributed by atoms with Crippen molar-refractivity contribution in [1.29, 1.82) is 0 Å². The Hall–Kier alpha value is -1.26. The van der Waals surface area contributed by atoms with Crippen LogP contribution in [0.15, 0.2) is 24.3 Å². The molecule has 2 fully saturated rings. The average molecular weight is 289 g/mol. The molecule has 2 aliphatic rings. The van der Waals surface area contributed by atoms with Crippen LogP contribution in [0.2, 0.25) is 0 Å². The molecule has 3 atom stereocenters. The van der Waals surface area contributed by atoms with Crippen LogP contribution in [0.1, 0.15) is 12.8 Å². The van der Waals surface area contributed by atoms with E-state index in [0.717, 1.165) is 24.8 Å². The Morgan fingerprint density at radius 1 is 1.19 bits per heavy atom. The molecule has 3 rings (SSSR count). The third kappa shape index (κ3) is 3.89. The number of rotatable bonds is 6. The Bertz CT molecular complexity index is 446. The summed E-state index contributed by atoms with van der Waals surface area (Å²) in [6.07, 6.45) is 2.62. The van der Waals surface area contributed by atoms with Gasteiger partial charge in [0.25, 0.3) is 0 Å². The summed E-state index contributed by atoms with van der Waals surface area (Å²) in [5, 5.41) is 3.72. The van der Waals surface area contributed by atoms with Gasteiger partial charge in [0.2, 0.25) is 0 Å². The maximum atomic E-state index is 5.73. The van der Waals surface area contributed by atoms with Crippen LogP contribution in [-0.4, -0.2) is 62.7 Å². The van der Waals surface area contributed by atoms with E-state index >= 15 is 0 Å². The summed E-state index contributed by atoms with van der Waals surface area (Å²) in [5.41, 5.74) is 1.22. The van der Waals surface area contributed by atoms with Crippen molar-refractivity contribution in [2.45, 2.75) is 18.9 Å². The highest BCUT2D eigenvalue weighted by molar-refractivity contribution is 5.47. The highest BCUT2D eigenvalue weighted by Gasteiger charge is 2.33. The summed E-state index contributed by atoms with van der Waals surface area (Å²) < 4.78 is 5.73. The number of piperidine rings is 1. The van der Waals surface area contributed by atoms with E-state index in [0.29, 0.717) is 6.04 Å². The molecule has 2 bridgehead atoms. The van der Waals surface area contributed by atoms with E-state index in [9.17, 15) is 0 Å². The zero-order valence-electron chi connectivity index (χ0n) is 13.2. The van der Waals surface area contributed by atoms with Gasteiger partial charge in [0.15, 0.2) is 0 Å². The van der Waals surface area contributed by atoms with E-state index in [1.54, 1.807) is 0 Å². The van der Waals surface area contributed by atoms with Crippen molar-refractivity contribution >= 4 is 5.69 Å². The summed E-state index contributed by atoms with van der Waals surface area (Å²) in [6, 6.07) is 9.08. The van der Waals surface area contributed by atoms with Gasteiger partial charge in [-0.25, -0.2) is 0 Å². The van der Waals surface area contributed by atoms with Gasteiger partial charge in [-0.3, -0.25) is 0 Å². The normalized spacial score (nSPS) is 27.9. The van der Waals surface area contributed by atoms with Crippen molar-refractivity contribution in [2.24, 2.45) is 5.92 Å². The Kier molecular flexibility index (Phi) is 4.66. The molecule has 4 nitrogen and oxygen atoms in total. The first kappa shape index (κ1) is 14.7. The molecule has 0 radical (unpaired) electrons. The molecule has 0 saturated carbocycles. The van der Waals surface area contributed by atoms with Crippen LogP contribution in [0.25, 0.3) is 0 Å². The van der Waals surface area contributed by atoms with Crippen molar-refractivity contribution in [3.05, 3.63) is 24.3 Å². The number of fused-ring (bicyclic) bond motifs is 2. The number of likely N-dealkylation sites (N-methyl/N-ethyl adjacent to an activating group) is 1. The third-order valence-corrected chi connectivity index (χ3v) is 4.65. The minimum atomic E-state index is 0.643. The quantitative estimate of drug-likeness (QED) is 0.868. The first-order chi connectivity index (χ1) is 10.2. The van der Waals surface area contributed by atoms with E-state index in [4.69, 9.17) is 4.74 Å². The van der Waals surface area contributed by atoms with E-state index < -0.39 is 0 Å². The largest absolute Gasteiger partial charge is 0.492 e. The number of nitrogens with one attached hydrogen (secondary N) is 1. The van der Waals surface area contributed by atoms with Gasteiger partial charge in [0, 0.05) is 31.4 Å². The number of hydrogen-bond acceptors (Lipinski definition) is 4. The second kappa shape index (κ2) is 6.67. The van der Waals surface area contributed by atoms with Gasteiger partial charge in [-0.2, -0.15) is 0 Å². The van der Waals surface area contributed by atoms with Gasteiger partial charge >= 0.3 is 0 Å².